The van der Waals surface area contributed by atoms with E-state index in [2.05, 4.69) is 35.4 Å². The Kier molecular flexibility index (Phi) is 50.7. The number of amides is 1. The van der Waals surface area contributed by atoms with Crippen LogP contribution in [0, 0.1) is 5.41 Å². The quantitative estimate of drug-likeness (QED) is 0.0393. The van der Waals surface area contributed by atoms with Gasteiger partial charge in [-0.05, 0) is 37.4 Å². The minimum Gasteiger partial charge on any atom is -0.444 e. The van der Waals surface area contributed by atoms with Gasteiger partial charge in [0.1, 0.15) is 5.60 Å². The van der Waals surface area contributed by atoms with Crippen LogP contribution in [-0.2, 0) is 80.5 Å². The minimum atomic E-state index is -0.726. The number of alkyl carbamates (subject to hydrolysis) is 1. The molecule has 0 aromatic carbocycles. The molecule has 0 heterocycles. The van der Waals surface area contributed by atoms with Crippen molar-refractivity contribution >= 4 is 6.09 Å². The fourth-order valence-corrected chi connectivity index (χ4v) is 5.03. The second-order valence-corrected chi connectivity index (χ2v) is 15.4. The molecule has 0 saturated carbocycles. The molecule has 0 fully saturated rings. The van der Waals surface area contributed by atoms with E-state index in [-0.39, 0.29) is 46.1 Å². The number of nitrogens with one attached hydrogen (secondary N) is 1. The van der Waals surface area contributed by atoms with Gasteiger partial charge in [-0.15, -0.1) is 0 Å². The molecule has 28 nitrogen and oxygen atoms in total. The van der Waals surface area contributed by atoms with E-state index in [1.165, 1.54) is 0 Å². The third-order valence-electron chi connectivity index (χ3n) is 8.21. The molecular weight excluding hydrogens is 933 g/mol. The number of azide groups is 3. The summed E-state index contributed by atoms with van der Waals surface area (Å²) < 4.78 is 96.1. The van der Waals surface area contributed by atoms with E-state index in [9.17, 15) is 4.79 Å². The third kappa shape index (κ3) is 52.4. The summed E-state index contributed by atoms with van der Waals surface area (Å²) >= 11 is 0. The van der Waals surface area contributed by atoms with Gasteiger partial charge in [0, 0.05) is 40.9 Å². The molecule has 1 amide bonds. The van der Waals surface area contributed by atoms with Crippen LogP contribution < -0.4 is 5.32 Å². The van der Waals surface area contributed by atoms with E-state index in [1.54, 1.807) is 20.8 Å². The lowest BCUT2D eigenvalue weighted by Gasteiger charge is -2.33. The summed E-state index contributed by atoms with van der Waals surface area (Å²) in [5.41, 5.74) is 23.7. The second kappa shape index (κ2) is 53.4. The number of ether oxygens (including phenoxy) is 17. The largest absolute Gasteiger partial charge is 0.444 e. The zero-order valence-electron chi connectivity index (χ0n) is 41.8. The summed E-state index contributed by atoms with van der Waals surface area (Å²) in [6.07, 6.45) is -0.490. The van der Waals surface area contributed by atoms with Crippen LogP contribution in [0.4, 0.5) is 4.79 Å². The van der Waals surface area contributed by atoms with Crippen LogP contribution in [0.15, 0.2) is 15.3 Å². The predicted molar refractivity (Wildman–Crippen MR) is 252 cm³/mol. The van der Waals surface area contributed by atoms with Gasteiger partial charge in [0.25, 0.3) is 0 Å². The lowest BCUT2D eigenvalue weighted by atomic mass is 9.92. The first-order chi connectivity index (χ1) is 34.3. The Balaban J connectivity index is 5.00. The van der Waals surface area contributed by atoms with Gasteiger partial charge in [0.05, 0.1) is 217 Å². The van der Waals surface area contributed by atoms with Gasteiger partial charge in [0.15, 0.2) is 0 Å². The highest BCUT2D eigenvalue weighted by Crippen LogP contribution is 2.21. The summed E-state index contributed by atoms with van der Waals surface area (Å²) in [6, 6.07) is 0. The molecule has 0 aromatic rings. The molecule has 70 heavy (non-hydrogen) atoms. The molecule has 408 valence electrons. The number of rotatable bonds is 56. The first kappa shape index (κ1) is 66.6. The zero-order valence-corrected chi connectivity index (χ0v) is 41.8. The summed E-state index contributed by atoms with van der Waals surface area (Å²) in [4.78, 5) is 19.7. The van der Waals surface area contributed by atoms with Crippen molar-refractivity contribution in [2.24, 2.45) is 20.8 Å². The molecule has 0 aliphatic carbocycles. The van der Waals surface area contributed by atoms with E-state index < -0.39 is 17.1 Å². The Labute approximate surface area is 412 Å². The number of carbonyl (C=O) groups is 1. The minimum absolute atomic E-state index is 0.228. The monoisotopic (exact) mass is 1010 g/mol. The van der Waals surface area contributed by atoms with Crippen LogP contribution in [0.3, 0.4) is 0 Å². The summed E-state index contributed by atoms with van der Waals surface area (Å²) in [6.45, 7) is 17.3. The van der Waals surface area contributed by atoms with E-state index >= 15 is 0 Å². The van der Waals surface area contributed by atoms with E-state index in [4.69, 9.17) is 97.1 Å². The Morgan fingerprint density at radius 2 is 0.571 bits per heavy atom. The average molecular weight is 1020 g/mol. The van der Waals surface area contributed by atoms with Gasteiger partial charge in [0.2, 0.25) is 0 Å². The zero-order chi connectivity index (χ0) is 51.0. The smallest absolute Gasteiger partial charge is 0.407 e. The standard InChI is InChI=1S/C42H82N10O18/c1-41(2,3)70-40(53)46-4-8-54-12-16-58-20-24-62-28-32-66-36-42(37-67-33-29-63-25-21-59-17-13-55-9-5-47-50-43,38-68-34-30-64-26-22-60-18-14-56-10-6-48-51-44)39-69-35-31-65-27-23-61-19-15-57-11-7-49-52-45/h4-39H2,1-3H3,(H,46,53). The highest BCUT2D eigenvalue weighted by molar-refractivity contribution is 5.67. The highest BCUT2D eigenvalue weighted by atomic mass is 16.6. The molecule has 0 unspecified atom stereocenters. The third-order valence-corrected chi connectivity index (χ3v) is 8.21. The van der Waals surface area contributed by atoms with Crippen molar-refractivity contribution in [3.05, 3.63) is 31.3 Å². The summed E-state index contributed by atoms with van der Waals surface area (Å²) in [7, 11) is 0. The molecule has 0 atom stereocenters. The maximum Gasteiger partial charge on any atom is 0.407 e. The molecule has 0 aliphatic heterocycles. The van der Waals surface area contributed by atoms with E-state index in [0.717, 1.165) is 0 Å². The van der Waals surface area contributed by atoms with Crippen molar-refractivity contribution < 1.29 is 85.3 Å². The molecule has 0 aliphatic rings. The maximum absolute atomic E-state index is 11.7. The Morgan fingerprint density at radius 1 is 0.357 bits per heavy atom. The SMILES string of the molecule is CC(C)(C)OC(=O)NCCOCCOCCOCCOCC(COCCOCCOCCOCCN=[N+]=[N-])(COCCOCCOCCOCCN=[N+]=[N-])COCCOCCOCCOCCN=[N+]=[N-]. The molecule has 0 radical (unpaired) electrons. The van der Waals surface area contributed by atoms with Crippen LogP contribution in [0.5, 0.6) is 0 Å². The van der Waals surface area contributed by atoms with Crippen LogP contribution >= 0.6 is 0 Å². The van der Waals surface area contributed by atoms with Crippen molar-refractivity contribution in [2.75, 3.05) is 238 Å². The van der Waals surface area contributed by atoms with Crippen molar-refractivity contribution in [1.82, 2.24) is 5.32 Å². The Morgan fingerprint density at radius 3 is 0.800 bits per heavy atom. The van der Waals surface area contributed by atoms with Crippen LogP contribution in [0.25, 0.3) is 31.3 Å². The number of carbonyl (C=O) groups excluding carboxylic acids is 1. The van der Waals surface area contributed by atoms with E-state index in [1.807, 2.05) is 0 Å². The fraction of sp³-hybridized carbons (Fsp3) is 0.976. The van der Waals surface area contributed by atoms with Crippen molar-refractivity contribution in [3.8, 4) is 0 Å². The Bertz CT molecular complexity index is 1210. The number of nitrogens with zero attached hydrogens (tertiary/aromatic N) is 9. The molecule has 0 bridgehead atoms. The molecule has 0 aromatic heterocycles. The van der Waals surface area contributed by atoms with Crippen molar-refractivity contribution in [2.45, 2.75) is 26.4 Å². The van der Waals surface area contributed by atoms with Crippen LogP contribution in [-0.4, -0.2) is 249 Å². The van der Waals surface area contributed by atoms with Crippen molar-refractivity contribution in [1.29, 1.82) is 0 Å². The lowest BCUT2D eigenvalue weighted by molar-refractivity contribution is -0.123. The average Bonchev–Trinajstić information content (AvgIpc) is 3.33. The topological polar surface area (TPSA) is 332 Å². The number of hydrogen-bond acceptors (Lipinski definition) is 21. The van der Waals surface area contributed by atoms with Gasteiger partial charge in [-0.3, -0.25) is 0 Å². The molecule has 0 rings (SSSR count). The molecule has 0 saturated heterocycles. The second-order valence-electron chi connectivity index (χ2n) is 15.4. The van der Waals surface area contributed by atoms with Gasteiger partial charge >= 0.3 is 6.09 Å². The number of hydrogen-bond donors (Lipinski definition) is 1. The van der Waals surface area contributed by atoms with Crippen LogP contribution in [0.2, 0.25) is 0 Å². The first-order valence-electron chi connectivity index (χ1n) is 23.5. The van der Waals surface area contributed by atoms with Crippen molar-refractivity contribution in [3.63, 3.8) is 0 Å². The lowest BCUT2D eigenvalue weighted by Crippen LogP contribution is -2.43. The molecule has 1 N–H and O–H groups in total. The van der Waals surface area contributed by atoms with E-state index in [0.29, 0.717) is 192 Å². The normalized spacial score (nSPS) is 12.2. The Hall–Kier alpha value is -3.44. The van der Waals surface area contributed by atoms with Crippen LogP contribution in [0.1, 0.15) is 20.8 Å². The van der Waals surface area contributed by atoms with Gasteiger partial charge in [-0.2, -0.15) is 0 Å². The predicted octanol–water partition coefficient (Wildman–Crippen LogP) is 3.69. The van der Waals surface area contributed by atoms with Gasteiger partial charge in [-0.25, -0.2) is 4.79 Å². The summed E-state index contributed by atoms with van der Waals surface area (Å²) in [5.74, 6) is 0. The highest BCUT2D eigenvalue weighted by Gasteiger charge is 2.32. The molecule has 0 spiro atoms. The molecule has 28 heteroatoms. The van der Waals surface area contributed by atoms with Gasteiger partial charge < -0.3 is 85.8 Å². The molecular formula is C42H82N10O18. The summed E-state index contributed by atoms with van der Waals surface area (Å²) in [5, 5.41) is 12.9. The maximum atomic E-state index is 11.7. The fourth-order valence-electron chi connectivity index (χ4n) is 5.03. The first-order valence-corrected chi connectivity index (χ1v) is 23.5. The van der Waals surface area contributed by atoms with Gasteiger partial charge in [-0.1, -0.05) is 15.3 Å².